The van der Waals surface area contributed by atoms with Crippen molar-refractivity contribution in [1.82, 2.24) is 5.32 Å². The van der Waals surface area contributed by atoms with E-state index >= 15 is 0 Å². The number of nitrogens with zero attached hydrogens (tertiary/aromatic N) is 1. The second-order valence-electron chi connectivity index (χ2n) is 5.51. The van der Waals surface area contributed by atoms with Crippen LogP contribution in [0.4, 0.5) is 11.4 Å². The van der Waals surface area contributed by atoms with E-state index in [-0.39, 0.29) is 17.2 Å². The molecule has 2 amide bonds. The Kier molecular flexibility index (Phi) is 6.21. The number of aryl methyl sites for hydroxylation is 1. The van der Waals surface area contributed by atoms with Crippen molar-refractivity contribution in [1.29, 1.82) is 0 Å². The Morgan fingerprint density at radius 2 is 1.85 bits per heavy atom. The highest BCUT2D eigenvalue weighted by atomic mass is 16.6. The normalized spacial score (nSPS) is 10.0. The lowest BCUT2D eigenvalue weighted by molar-refractivity contribution is -0.385. The molecule has 27 heavy (non-hydrogen) atoms. The zero-order valence-electron chi connectivity index (χ0n) is 14.6. The predicted molar refractivity (Wildman–Crippen MR) is 96.6 cm³/mol. The van der Waals surface area contributed by atoms with Crippen LogP contribution in [0.2, 0.25) is 0 Å². The number of anilines is 1. The summed E-state index contributed by atoms with van der Waals surface area (Å²) in [6, 6.07) is 10.4. The lowest BCUT2D eigenvalue weighted by Crippen LogP contribution is -2.22. The first-order chi connectivity index (χ1) is 12.8. The molecule has 0 aliphatic heterocycles. The van der Waals surface area contributed by atoms with Gasteiger partial charge in [0, 0.05) is 23.9 Å². The zero-order valence-corrected chi connectivity index (χ0v) is 14.6. The summed E-state index contributed by atoms with van der Waals surface area (Å²) >= 11 is 0. The van der Waals surface area contributed by atoms with Gasteiger partial charge in [0.25, 0.3) is 17.5 Å². The van der Waals surface area contributed by atoms with Gasteiger partial charge in [-0.15, -0.1) is 0 Å². The smallest absolute Gasteiger partial charge is 0.345 e. The molecule has 9 heteroatoms. The van der Waals surface area contributed by atoms with Gasteiger partial charge in [-0.25, -0.2) is 4.79 Å². The summed E-state index contributed by atoms with van der Waals surface area (Å²) in [6.45, 7) is 0.870. The number of carbonyl (C=O) groups is 3. The molecule has 0 saturated carbocycles. The molecule has 140 valence electrons. The van der Waals surface area contributed by atoms with Gasteiger partial charge in [-0.2, -0.15) is 0 Å². The largest absolute Gasteiger partial charge is 0.452 e. The molecule has 0 fully saturated rings. The molecule has 0 aliphatic rings. The van der Waals surface area contributed by atoms with Crippen LogP contribution in [0.15, 0.2) is 42.5 Å². The van der Waals surface area contributed by atoms with Gasteiger partial charge >= 0.3 is 5.97 Å². The molecule has 2 N–H and O–H groups in total. The van der Waals surface area contributed by atoms with E-state index in [0.717, 1.165) is 0 Å². The maximum Gasteiger partial charge on any atom is 0.345 e. The lowest BCUT2D eigenvalue weighted by atomic mass is 10.1. The van der Waals surface area contributed by atoms with Gasteiger partial charge < -0.3 is 15.4 Å². The third-order valence-electron chi connectivity index (χ3n) is 3.61. The number of esters is 1. The molecular formula is C18H17N3O6. The number of nitrogens with one attached hydrogen (secondary N) is 2. The fourth-order valence-corrected chi connectivity index (χ4v) is 2.35. The van der Waals surface area contributed by atoms with E-state index in [0.29, 0.717) is 16.8 Å². The zero-order chi connectivity index (χ0) is 20.0. The van der Waals surface area contributed by atoms with Crippen molar-refractivity contribution in [3.05, 3.63) is 69.3 Å². The first-order valence-corrected chi connectivity index (χ1v) is 7.86. The Hall–Kier alpha value is -3.75. The van der Waals surface area contributed by atoms with Crippen LogP contribution in [0.5, 0.6) is 0 Å². The third-order valence-corrected chi connectivity index (χ3v) is 3.61. The number of hydrogen-bond donors (Lipinski definition) is 2. The van der Waals surface area contributed by atoms with Gasteiger partial charge in [0.05, 0.1) is 4.92 Å². The molecule has 0 aromatic heterocycles. The number of nitro benzene ring substituents is 1. The summed E-state index contributed by atoms with van der Waals surface area (Å²) in [7, 11) is 1.48. The van der Waals surface area contributed by atoms with E-state index in [1.165, 1.54) is 38.2 Å². The monoisotopic (exact) mass is 371 g/mol. The Balaban J connectivity index is 2.02. The van der Waals surface area contributed by atoms with Gasteiger partial charge in [-0.05, 0) is 31.2 Å². The molecule has 0 unspecified atom stereocenters. The number of hydrogen-bond acceptors (Lipinski definition) is 6. The highest BCUT2D eigenvalue weighted by Crippen LogP contribution is 2.23. The fraction of sp³-hybridized carbons (Fsp3) is 0.167. The van der Waals surface area contributed by atoms with Gasteiger partial charge in [0.2, 0.25) is 0 Å². The van der Waals surface area contributed by atoms with Crippen molar-refractivity contribution in [2.24, 2.45) is 0 Å². The number of benzene rings is 2. The number of amides is 2. The third kappa shape index (κ3) is 4.88. The van der Waals surface area contributed by atoms with E-state index in [2.05, 4.69) is 10.6 Å². The second kappa shape index (κ2) is 8.56. The van der Waals surface area contributed by atoms with Crippen LogP contribution in [0.1, 0.15) is 26.3 Å². The van der Waals surface area contributed by atoms with Crippen LogP contribution >= 0.6 is 0 Å². The molecule has 2 aromatic carbocycles. The molecule has 0 spiro atoms. The van der Waals surface area contributed by atoms with Crippen LogP contribution in [0.3, 0.4) is 0 Å². The van der Waals surface area contributed by atoms with Gasteiger partial charge in [-0.3, -0.25) is 19.7 Å². The fourth-order valence-electron chi connectivity index (χ4n) is 2.35. The summed E-state index contributed by atoms with van der Waals surface area (Å²) in [5.41, 5.74) is 0.418. The van der Waals surface area contributed by atoms with Crippen LogP contribution in [-0.2, 0) is 9.53 Å². The quantitative estimate of drug-likeness (QED) is 0.454. The highest BCUT2D eigenvalue weighted by molar-refractivity contribution is 5.99. The second-order valence-corrected chi connectivity index (χ2v) is 5.51. The SMILES string of the molecule is CNC(=O)c1cccc(NC(=O)COC(=O)c2cccc(C)c2[N+](=O)[O-])c1. The van der Waals surface area contributed by atoms with Gasteiger partial charge in [-0.1, -0.05) is 18.2 Å². The van der Waals surface area contributed by atoms with Crippen molar-refractivity contribution in [3.8, 4) is 0 Å². The number of rotatable bonds is 6. The molecule has 0 heterocycles. The number of ether oxygens (including phenoxy) is 1. The molecule has 2 aromatic rings. The first-order valence-electron chi connectivity index (χ1n) is 7.86. The van der Waals surface area contributed by atoms with E-state index in [4.69, 9.17) is 4.74 Å². The van der Waals surface area contributed by atoms with Crippen molar-refractivity contribution in [3.63, 3.8) is 0 Å². The minimum atomic E-state index is -0.973. The average molecular weight is 371 g/mol. The topological polar surface area (TPSA) is 128 Å². The summed E-state index contributed by atoms with van der Waals surface area (Å²) in [5.74, 6) is -1.93. The van der Waals surface area contributed by atoms with Crippen LogP contribution in [0.25, 0.3) is 0 Å². The minimum Gasteiger partial charge on any atom is -0.452 e. The summed E-state index contributed by atoms with van der Waals surface area (Å²) in [4.78, 5) is 46.1. The molecule has 0 bridgehead atoms. The van der Waals surface area contributed by atoms with E-state index in [1.807, 2.05) is 0 Å². The first kappa shape index (κ1) is 19.6. The molecule has 0 atom stereocenters. The Morgan fingerprint density at radius 1 is 1.15 bits per heavy atom. The molecular weight excluding hydrogens is 354 g/mol. The summed E-state index contributed by atoms with van der Waals surface area (Å²) < 4.78 is 4.87. The van der Waals surface area contributed by atoms with Crippen LogP contribution in [0, 0.1) is 17.0 Å². The summed E-state index contributed by atoms with van der Waals surface area (Å²) in [6.07, 6.45) is 0. The van der Waals surface area contributed by atoms with E-state index in [1.54, 1.807) is 18.2 Å². The molecule has 0 aliphatic carbocycles. The van der Waals surface area contributed by atoms with Crippen LogP contribution in [-0.4, -0.2) is 36.4 Å². The van der Waals surface area contributed by atoms with Gasteiger partial charge in [0.15, 0.2) is 6.61 Å². The maximum atomic E-state index is 12.1. The molecule has 0 saturated heterocycles. The Morgan fingerprint density at radius 3 is 2.52 bits per heavy atom. The van der Waals surface area contributed by atoms with E-state index < -0.39 is 23.4 Å². The average Bonchev–Trinajstić information content (AvgIpc) is 2.65. The van der Waals surface area contributed by atoms with Gasteiger partial charge in [0.1, 0.15) is 5.56 Å². The maximum absolute atomic E-state index is 12.1. The number of nitro groups is 1. The van der Waals surface area contributed by atoms with E-state index in [9.17, 15) is 24.5 Å². The number of para-hydroxylation sites is 1. The van der Waals surface area contributed by atoms with Crippen LogP contribution < -0.4 is 10.6 Å². The Labute approximate surface area is 154 Å². The predicted octanol–water partition coefficient (Wildman–Crippen LogP) is 2.06. The summed E-state index contributed by atoms with van der Waals surface area (Å²) in [5, 5.41) is 16.1. The molecule has 2 rings (SSSR count). The Bertz CT molecular complexity index is 910. The van der Waals surface area contributed by atoms with Crippen molar-refractivity contribution in [2.45, 2.75) is 6.92 Å². The lowest BCUT2D eigenvalue weighted by Gasteiger charge is -2.08. The van der Waals surface area contributed by atoms with Crippen molar-refractivity contribution < 1.29 is 24.0 Å². The molecule has 0 radical (unpaired) electrons. The molecule has 9 nitrogen and oxygen atoms in total. The van der Waals surface area contributed by atoms with Crippen molar-refractivity contribution >= 4 is 29.2 Å². The van der Waals surface area contributed by atoms with Crippen molar-refractivity contribution in [2.75, 3.05) is 19.0 Å². The highest BCUT2D eigenvalue weighted by Gasteiger charge is 2.24. The minimum absolute atomic E-state index is 0.227. The number of carbonyl (C=O) groups excluding carboxylic acids is 3. The standard InChI is InChI=1S/C18H17N3O6/c1-11-5-3-8-14(16(11)21(25)26)18(24)27-10-15(22)20-13-7-4-6-12(9-13)17(23)19-2/h3-9H,10H2,1-2H3,(H,19,23)(H,20,22).